The molecular formula is C6H13NO5S3. The molecule has 1 unspecified atom stereocenters. The Bertz CT molecular complexity index is 400. The van der Waals surface area contributed by atoms with Gasteiger partial charge in [0.25, 0.3) is 0 Å². The molecule has 2 N–H and O–H groups in total. The molecule has 0 aliphatic carbocycles. The first-order chi connectivity index (χ1) is 6.79. The molecule has 1 heterocycles. The maximum atomic E-state index is 11.1. The second kappa shape index (κ2) is 5.00. The molecule has 1 aliphatic heterocycles. The first kappa shape index (κ1) is 13.2. The molecule has 0 radical (unpaired) electrons. The molecule has 0 spiro atoms. The zero-order valence-electron chi connectivity index (χ0n) is 7.92. The molecule has 0 amide bonds. The van der Waals surface area contributed by atoms with Gasteiger partial charge in [0.05, 0.1) is 11.5 Å². The maximum absolute atomic E-state index is 11.1. The van der Waals surface area contributed by atoms with Gasteiger partial charge in [0.15, 0.2) is 9.84 Å². The van der Waals surface area contributed by atoms with Gasteiger partial charge in [0.2, 0.25) is 0 Å². The normalized spacial score (nSPS) is 25.5. The lowest BCUT2D eigenvalue weighted by atomic mass is 10.3. The van der Waals surface area contributed by atoms with Crippen molar-refractivity contribution in [1.29, 1.82) is 0 Å². The molecule has 15 heavy (non-hydrogen) atoms. The number of nitrogens with one attached hydrogen (secondary N) is 1. The van der Waals surface area contributed by atoms with Crippen LogP contribution in [0.3, 0.4) is 0 Å². The fourth-order valence-corrected chi connectivity index (χ4v) is 4.37. The molecule has 6 nitrogen and oxygen atoms in total. The smallest absolute Gasteiger partial charge is 0.312 e. The quantitative estimate of drug-likeness (QED) is 0.388. The third-order valence-corrected chi connectivity index (χ3v) is 5.83. The van der Waals surface area contributed by atoms with Crippen molar-refractivity contribution < 1.29 is 21.4 Å². The van der Waals surface area contributed by atoms with Crippen molar-refractivity contribution in [3.05, 3.63) is 0 Å². The Balaban J connectivity index is 2.18. The molecule has 9 heteroatoms. The van der Waals surface area contributed by atoms with E-state index in [9.17, 15) is 16.8 Å². The molecule has 1 aliphatic rings. The Morgan fingerprint density at radius 3 is 2.60 bits per heavy atom. The third-order valence-electron chi connectivity index (χ3n) is 2.00. The molecule has 0 aromatic heterocycles. The minimum Gasteiger partial charge on any atom is -0.312 e. The van der Waals surface area contributed by atoms with E-state index in [0.717, 1.165) is 0 Å². The highest BCUT2D eigenvalue weighted by molar-refractivity contribution is 8.69. The van der Waals surface area contributed by atoms with Crippen molar-refractivity contribution in [2.75, 3.05) is 23.8 Å². The second-order valence-electron chi connectivity index (χ2n) is 3.30. The summed E-state index contributed by atoms with van der Waals surface area (Å²) in [4.78, 5) is 0. The van der Waals surface area contributed by atoms with E-state index in [2.05, 4.69) is 5.32 Å². The minimum atomic E-state index is -3.98. The highest BCUT2D eigenvalue weighted by Gasteiger charge is 2.27. The van der Waals surface area contributed by atoms with E-state index in [4.69, 9.17) is 4.55 Å². The largest absolute Gasteiger partial charge is 0.319 e. The predicted octanol–water partition coefficient (Wildman–Crippen LogP) is -0.701. The molecule has 0 bridgehead atoms. The Morgan fingerprint density at radius 1 is 1.47 bits per heavy atom. The first-order valence-electron chi connectivity index (χ1n) is 4.34. The Kier molecular flexibility index (Phi) is 4.41. The van der Waals surface area contributed by atoms with Gasteiger partial charge in [0, 0.05) is 18.3 Å². The van der Waals surface area contributed by atoms with E-state index in [1.165, 1.54) is 0 Å². The summed E-state index contributed by atoms with van der Waals surface area (Å²) in [6.07, 6.45) is 0.568. The first-order valence-corrected chi connectivity index (χ1v) is 9.10. The van der Waals surface area contributed by atoms with Gasteiger partial charge in [-0.3, -0.25) is 4.55 Å². The van der Waals surface area contributed by atoms with Crippen molar-refractivity contribution >= 4 is 29.8 Å². The zero-order valence-corrected chi connectivity index (χ0v) is 10.4. The van der Waals surface area contributed by atoms with Gasteiger partial charge >= 0.3 is 9.15 Å². The summed E-state index contributed by atoms with van der Waals surface area (Å²) in [5.41, 5.74) is 0. The molecule has 0 aromatic carbocycles. The van der Waals surface area contributed by atoms with Crippen LogP contribution in [-0.2, 0) is 19.0 Å². The van der Waals surface area contributed by atoms with Gasteiger partial charge in [-0.05, 0) is 17.2 Å². The van der Waals surface area contributed by atoms with Gasteiger partial charge in [-0.15, -0.1) is 0 Å². The summed E-state index contributed by atoms with van der Waals surface area (Å²) in [7, 11) is -6.45. The van der Waals surface area contributed by atoms with Crippen molar-refractivity contribution in [1.82, 2.24) is 5.32 Å². The van der Waals surface area contributed by atoms with E-state index in [1.807, 2.05) is 0 Å². The van der Waals surface area contributed by atoms with Crippen LogP contribution in [0.2, 0.25) is 0 Å². The molecule has 1 rings (SSSR count). The van der Waals surface area contributed by atoms with Crippen LogP contribution in [-0.4, -0.2) is 51.2 Å². The summed E-state index contributed by atoms with van der Waals surface area (Å²) >= 11 is 0. The van der Waals surface area contributed by atoms with E-state index in [0.29, 0.717) is 23.8 Å². The number of hydrogen-bond donors (Lipinski definition) is 2. The Hall–Kier alpha value is 0.170. The molecule has 0 saturated carbocycles. The van der Waals surface area contributed by atoms with Crippen molar-refractivity contribution in [3.63, 3.8) is 0 Å². The average molecular weight is 275 g/mol. The molecular weight excluding hydrogens is 262 g/mol. The lowest BCUT2D eigenvalue weighted by Crippen LogP contribution is -2.31. The predicted molar refractivity (Wildman–Crippen MR) is 59.1 cm³/mol. The highest BCUT2D eigenvalue weighted by atomic mass is 33.1. The van der Waals surface area contributed by atoms with Crippen LogP contribution in [0.25, 0.3) is 0 Å². The number of rotatable bonds is 5. The number of hydrogen-bond acceptors (Lipinski definition) is 6. The van der Waals surface area contributed by atoms with Gasteiger partial charge < -0.3 is 5.32 Å². The Labute approximate surface area is 92.9 Å². The van der Waals surface area contributed by atoms with Gasteiger partial charge in [-0.2, -0.15) is 8.42 Å². The minimum absolute atomic E-state index is 0.0861. The van der Waals surface area contributed by atoms with Crippen LogP contribution in [0.1, 0.15) is 6.42 Å². The fraction of sp³-hybridized carbons (Fsp3) is 1.00. The SMILES string of the molecule is O=S1(=O)CCC(NCCSS(=O)(=O)O)C1. The molecule has 1 fully saturated rings. The average Bonchev–Trinajstić information content (AvgIpc) is 2.38. The maximum Gasteiger partial charge on any atom is 0.319 e. The summed E-state index contributed by atoms with van der Waals surface area (Å²) < 4.78 is 51.2. The van der Waals surface area contributed by atoms with E-state index in [-0.39, 0.29) is 23.3 Å². The lowest BCUT2D eigenvalue weighted by Gasteiger charge is -2.08. The zero-order chi connectivity index (χ0) is 11.5. The van der Waals surface area contributed by atoms with Crippen LogP contribution in [0.15, 0.2) is 0 Å². The van der Waals surface area contributed by atoms with Crippen LogP contribution in [0.5, 0.6) is 0 Å². The summed E-state index contributed by atoms with van der Waals surface area (Å²) in [5, 5.41) is 2.93. The van der Waals surface area contributed by atoms with Crippen molar-refractivity contribution in [3.8, 4) is 0 Å². The van der Waals surface area contributed by atoms with E-state index < -0.39 is 19.0 Å². The van der Waals surface area contributed by atoms with Crippen LogP contribution in [0, 0.1) is 0 Å². The van der Waals surface area contributed by atoms with Crippen LogP contribution < -0.4 is 5.32 Å². The molecule has 90 valence electrons. The number of sulfone groups is 1. The Morgan fingerprint density at radius 2 is 2.13 bits per heavy atom. The highest BCUT2D eigenvalue weighted by Crippen LogP contribution is 2.12. The van der Waals surface area contributed by atoms with Crippen LogP contribution in [0.4, 0.5) is 0 Å². The molecule has 1 saturated heterocycles. The third kappa shape index (κ3) is 5.71. The van der Waals surface area contributed by atoms with Crippen LogP contribution >= 0.6 is 10.8 Å². The second-order valence-corrected chi connectivity index (χ2v) is 9.00. The monoisotopic (exact) mass is 275 g/mol. The standard InChI is InChI=1S/C6H13NO5S3/c8-14(9)4-1-6(5-14)7-2-3-13-15(10,11)12/h6-7H,1-5H2,(H,10,11,12). The van der Waals surface area contributed by atoms with Gasteiger partial charge in [-0.1, -0.05) is 0 Å². The van der Waals surface area contributed by atoms with Crippen molar-refractivity contribution in [2.45, 2.75) is 12.5 Å². The van der Waals surface area contributed by atoms with Crippen molar-refractivity contribution in [2.24, 2.45) is 0 Å². The lowest BCUT2D eigenvalue weighted by molar-refractivity contribution is 0.502. The summed E-state index contributed by atoms with van der Waals surface area (Å²) in [6, 6.07) is -0.0861. The van der Waals surface area contributed by atoms with E-state index in [1.54, 1.807) is 0 Å². The van der Waals surface area contributed by atoms with E-state index >= 15 is 0 Å². The summed E-state index contributed by atoms with van der Waals surface area (Å²) in [6.45, 7) is 0.366. The molecule has 1 atom stereocenters. The molecule has 0 aromatic rings. The fourth-order valence-electron chi connectivity index (χ4n) is 1.37. The summed E-state index contributed by atoms with van der Waals surface area (Å²) in [5.74, 6) is 0.509. The topological polar surface area (TPSA) is 101 Å². The van der Waals surface area contributed by atoms with Gasteiger partial charge in [-0.25, -0.2) is 8.42 Å². The van der Waals surface area contributed by atoms with Gasteiger partial charge in [0.1, 0.15) is 0 Å².